The first kappa shape index (κ1) is 14.4. The lowest BCUT2D eigenvalue weighted by molar-refractivity contribution is -0.137. The summed E-state index contributed by atoms with van der Waals surface area (Å²) in [6.45, 7) is 4.04. The summed E-state index contributed by atoms with van der Waals surface area (Å²) in [6.07, 6.45) is 0. The number of hydrogen-bond acceptors (Lipinski definition) is 2. The Labute approximate surface area is 99.7 Å². The molecule has 0 saturated heterocycles. The number of nitrogens with zero attached hydrogens (tertiary/aromatic N) is 2. The molecule has 0 aliphatic carbocycles. The van der Waals surface area contributed by atoms with Gasteiger partial charge < -0.3 is 9.80 Å². The summed E-state index contributed by atoms with van der Waals surface area (Å²) in [4.78, 5) is 25.8. The normalized spacial score (nSPS) is 12.5. The fourth-order valence-corrected chi connectivity index (χ4v) is 1.27. The quantitative estimate of drug-likeness (QED) is 0.719. The van der Waals surface area contributed by atoms with E-state index in [0.29, 0.717) is 0 Å². The molecule has 0 aromatic heterocycles. The van der Waals surface area contributed by atoms with Gasteiger partial charge in [0.15, 0.2) is 0 Å². The van der Waals surface area contributed by atoms with Crippen LogP contribution in [0, 0.1) is 5.92 Å². The van der Waals surface area contributed by atoms with Crippen molar-refractivity contribution in [3.8, 4) is 0 Å². The van der Waals surface area contributed by atoms with E-state index in [4.69, 9.17) is 0 Å². The third-order valence-electron chi connectivity index (χ3n) is 2.07. The highest BCUT2D eigenvalue weighted by Crippen LogP contribution is 2.14. The van der Waals surface area contributed by atoms with E-state index in [2.05, 4.69) is 15.9 Å². The molecule has 0 aromatic rings. The van der Waals surface area contributed by atoms with Crippen LogP contribution in [0.1, 0.15) is 13.8 Å². The first-order valence-corrected chi connectivity index (χ1v) is 5.78. The van der Waals surface area contributed by atoms with Gasteiger partial charge in [-0.1, -0.05) is 29.8 Å². The average Bonchev–Trinajstić information content (AvgIpc) is 2.14. The summed E-state index contributed by atoms with van der Waals surface area (Å²) >= 11 is 3.32. The lowest BCUT2D eigenvalue weighted by Crippen LogP contribution is -2.42. The van der Waals surface area contributed by atoms with Gasteiger partial charge >= 0.3 is 0 Å². The Balaban J connectivity index is 4.28. The Morgan fingerprint density at radius 1 is 1.20 bits per heavy atom. The number of likely N-dealkylation sites (N-methyl/N-ethyl adjacent to an activating group) is 2. The van der Waals surface area contributed by atoms with Crippen molar-refractivity contribution in [2.45, 2.75) is 18.7 Å². The van der Waals surface area contributed by atoms with Crippen molar-refractivity contribution in [2.24, 2.45) is 5.92 Å². The molecule has 88 valence electrons. The van der Waals surface area contributed by atoms with Crippen LogP contribution in [0.15, 0.2) is 0 Å². The van der Waals surface area contributed by atoms with E-state index >= 15 is 0 Å². The fourth-order valence-electron chi connectivity index (χ4n) is 0.918. The fraction of sp³-hybridized carbons (Fsp3) is 0.800. The Morgan fingerprint density at radius 2 is 1.67 bits per heavy atom. The average molecular weight is 279 g/mol. The Kier molecular flexibility index (Phi) is 5.87. The van der Waals surface area contributed by atoms with E-state index < -0.39 is 0 Å². The topological polar surface area (TPSA) is 40.6 Å². The minimum Gasteiger partial charge on any atom is -0.347 e. The summed E-state index contributed by atoms with van der Waals surface area (Å²) in [5.41, 5.74) is 0. The van der Waals surface area contributed by atoms with Gasteiger partial charge in [-0.15, -0.1) is 0 Å². The number of carbonyl (C=O) groups is 2. The summed E-state index contributed by atoms with van der Waals surface area (Å²) < 4.78 is 0. The number of amides is 2. The van der Waals surface area contributed by atoms with Crippen molar-refractivity contribution in [3.05, 3.63) is 0 Å². The van der Waals surface area contributed by atoms with Crippen LogP contribution in [0.25, 0.3) is 0 Å². The van der Waals surface area contributed by atoms with Crippen molar-refractivity contribution in [1.29, 1.82) is 0 Å². The number of hydrogen-bond donors (Lipinski definition) is 0. The third kappa shape index (κ3) is 4.64. The SMILES string of the molecule is CC(C)C(Br)C(=O)N(C)CC(=O)N(C)C. The minimum absolute atomic E-state index is 0.0554. The van der Waals surface area contributed by atoms with Crippen molar-refractivity contribution >= 4 is 27.7 Å². The molecule has 0 spiro atoms. The highest BCUT2D eigenvalue weighted by Gasteiger charge is 2.23. The molecule has 4 nitrogen and oxygen atoms in total. The van der Waals surface area contributed by atoms with E-state index in [0.717, 1.165) is 0 Å². The van der Waals surface area contributed by atoms with E-state index in [1.54, 1.807) is 21.1 Å². The molecule has 1 unspecified atom stereocenters. The molecular weight excluding hydrogens is 260 g/mol. The van der Waals surface area contributed by atoms with Crippen molar-refractivity contribution in [3.63, 3.8) is 0 Å². The Morgan fingerprint density at radius 3 is 2.00 bits per heavy atom. The maximum Gasteiger partial charge on any atom is 0.241 e. The zero-order valence-electron chi connectivity index (χ0n) is 9.95. The van der Waals surface area contributed by atoms with Gasteiger partial charge in [-0.2, -0.15) is 0 Å². The second-order valence-electron chi connectivity index (χ2n) is 4.13. The smallest absolute Gasteiger partial charge is 0.241 e. The molecule has 0 N–H and O–H groups in total. The summed E-state index contributed by atoms with van der Waals surface area (Å²) in [5.74, 6) is 0.0870. The van der Waals surface area contributed by atoms with Gasteiger partial charge in [0.05, 0.1) is 11.4 Å². The van der Waals surface area contributed by atoms with Gasteiger partial charge in [-0.3, -0.25) is 9.59 Å². The van der Waals surface area contributed by atoms with Crippen LogP contribution in [0.4, 0.5) is 0 Å². The van der Waals surface area contributed by atoms with Crippen LogP contribution in [0.2, 0.25) is 0 Å². The summed E-state index contributed by atoms with van der Waals surface area (Å²) in [7, 11) is 4.99. The second kappa shape index (κ2) is 6.10. The Hall–Kier alpha value is -0.580. The van der Waals surface area contributed by atoms with Crippen LogP contribution >= 0.6 is 15.9 Å². The predicted molar refractivity (Wildman–Crippen MR) is 63.9 cm³/mol. The molecule has 0 saturated carbocycles. The highest BCUT2D eigenvalue weighted by molar-refractivity contribution is 9.10. The largest absolute Gasteiger partial charge is 0.347 e. The molecule has 0 aliphatic rings. The van der Waals surface area contributed by atoms with Gasteiger partial charge in [0.2, 0.25) is 11.8 Å². The van der Waals surface area contributed by atoms with Crippen LogP contribution in [0.5, 0.6) is 0 Å². The molecule has 0 radical (unpaired) electrons. The maximum absolute atomic E-state index is 11.8. The van der Waals surface area contributed by atoms with Crippen LogP contribution < -0.4 is 0 Å². The zero-order chi connectivity index (χ0) is 12.2. The molecule has 0 bridgehead atoms. The monoisotopic (exact) mass is 278 g/mol. The van der Waals surface area contributed by atoms with Crippen molar-refractivity contribution in [2.75, 3.05) is 27.7 Å². The van der Waals surface area contributed by atoms with Crippen molar-refractivity contribution in [1.82, 2.24) is 9.80 Å². The number of rotatable bonds is 4. The summed E-state index contributed by atoms with van der Waals surface area (Å²) in [5, 5.41) is 0. The number of carbonyl (C=O) groups excluding carboxylic acids is 2. The lowest BCUT2D eigenvalue weighted by atomic mass is 10.1. The van der Waals surface area contributed by atoms with Gasteiger partial charge in [0, 0.05) is 21.1 Å². The highest BCUT2D eigenvalue weighted by atomic mass is 79.9. The second-order valence-corrected chi connectivity index (χ2v) is 5.11. The molecule has 0 heterocycles. The van der Waals surface area contributed by atoms with Crippen molar-refractivity contribution < 1.29 is 9.59 Å². The zero-order valence-corrected chi connectivity index (χ0v) is 11.5. The van der Waals surface area contributed by atoms with Crippen LogP contribution in [-0.4, -0.2) is 54.1 Å². The van der Waals surface area contributed by atoms with E-state index in [9.17, 15) is 9.59 Å². The molecule has 0 fully saturated rings. The molecular formula is C10H19BrN2O2. The third-order valence-corrected chi connectivity index (χ3v) is 3.52. The van der Waals surface area contributed by atoms with E-state index in [1.165, 1.54) is 9.80 Å². The van der Waals surface area contributed by atoms with E-state index in [1.807, 2.05) is 13.8 Å². The first-order valence-electron chi connectivity index (χ1n) is 4.86. The van der Waals surface area contributed by atoms with Gasteiger partial charge in [0.25, 0.3) is 0 Å². The molecule has 2 amide bonds. The molecule has 0 rings (SSSR count). The predicted octanol–water partition coefficient (Wildman–Crippen LogP) is 0.953. The molecule has 1 atom stereocenters. The van der Waals surface area contributed by atoms with Gasteiger partial charge in [0.1, 0.15) is 0 Å². The maximum atomic E-state index is 11.8. The molecule has 0 aromatic carbocycles. The minimum atomic E-state index is -0.225. The van der Waals surface area contributed by atoms with Gasteiger partial charge in [-0.05, 0) is 5.92 Å². The van der Waals surface area contributed by atoms with Gasteiger partial charge in [-0.25, -0.2) is 0 Å². The number of halogens is 1. The first-order chi connectivity index (χ1) is 6.77. The van der Waals surface area contributed by atoms with Crippen LogP contribution in [0.3, 0.4) is 0 Å². The number of alkyl halides is 1. The van der Waals surface area contributed by atoms with Crippen LogP contribution in [-0.2, 0) is 9.59 Å². The summed E-state index contributed by atoms with van der Waals surface area (Å²) in [6, 6.07) is 0. The Bertz CT molecular complexity index is 242. The van der Waals surface area contributed by atoms with E-state index in [-0.39, 0.29) is 29.1 Å². The molecule has 5 heteroatoms. The lowest BCUT2D eigenvalue weighted by Gasteiger charge is -2.23. The standard InChI is InChI=1S/C10H19BrN2O2/c1-7(2)9(11)10(15)13(5)6-8(14)12(3)4/h7,9H,6H2,1-5H3. The molecule has 0 aliphatic heterocycles. The molecule has 15 heavy (non-hydrogen) atoms.